The molecule has 3 N–H and O–H groups in total. The third-order valence-corrected chi connectivity index (χ3v) is 5.40. The van der Waals surface area contributed by atoms with Gasteiger partial charge in [-0.25, -0.2) is 9.78 Å². The van der Waals surface area contributed by atoms with Crippen molar-refractivity contribution in [1.82, 2.24) is 15.6 Å². The Labute approximate surface area is 178 Å². The van der Waals surface area contributed by atoms with E-state index in [-0.39, 0.29) is 5.91 Å². The number of rotatable bonds is 7. The van der Waals surface area contributed by atoms with Gasteiger partial charge in [-0.05, 0) is 43.0 Å². The number of ether oxygens (including phenoxy) is 1. The highest BCUT2D eigenvalue weighted by atomic mass is 32.1. The van der Waals surface area contributed by atoms with Gasteiger partial charge in [-0.15, -0.1) is 0 Å². The highest BCUT2D eigenvalue weighted by molar-refractivity contribution is 7.17. The molecule has 1 aliphatic rings. The van der Waals surface area contributed by atoms with Gasteiger partial charge in [0.25, 0.3) is 5.91 Å². The van der Waals surface area contributed by atoms with E-state index in [0.717, 1.165) is 29.7 Å². The molecule has 1 fully saturated rings. The Morgan fingerprint density at radius 2 is 1.97 bits per heavy atom. The highest BCUT2D eigenvalue weighted by Gasteiger charge is 2.24. The minimum absolute atomic E-state index is 0.0706. The van der Waals surface area contributed by atoms with Crippen molar-refractivity contribution in [2.45, 2.75) is 32.4 Å². The number of hydrogen-bond acceptors (Lipinski definition) is 6. The Kier molecular flexibility index (Phi) is 5.94. The second-order valence-corrected chi connectivity index (χ2v) is 8.11. The third-order valence-electron chi connectivity index (χ3n) is 4.61. The maximum Gasteiger partial charge on any atom is 0.413 e. The molecule has 0 aliphatic heterocycles. The molecule has 1 aliphatic carbocycles. The van der Waals surface area contributed by atoms with Crippen LogP contribution >= 0.6 is 11.3 Å². The van der Waals surface area contributed by atoms with Crippen molar-refractivity contribution >= 4 is 34.2 Å². The minimum atomic E-state index is -0.538. The van der Waals surface area contributed by atoms with Crippen LogP contribution in [0.4, 0.5) is 15.6 Å². The van der Waals surface area contributed by atoms with Crippen LogP contribution in [-0.2, 0) is 6.54 Å². The molecule has 0 spiro atoms. The first-order chi connectivity index (χ1) is 14.6. The average Bonchev–Trinajstić information content (AvgIpc) is 3.46. The van der Waals surface area contributed by atoms with E-state index in [9.17, 15) is 9.59 Å². The zero-order valence-electron chi connectivity index (χ0n) is 16.5. The van der Waals surface area contributed by atoms with Gasteiger partial charge in [-0.3, -0.25) is 4.79 Å². The first kappa shape index (κ1) is 19.9. The fraction of sp³-hybridized carbons (Fsp3) is 0.227. The topological polar surface area (TPSA) is 92.3 Å². The predicted molar refractivity (Wildman–Crippen MR) is 116 cm³/mol. The van der Waals surface area contributed by atoms with Crippen molar-refractivity contribution in [2.75, 3.05) is 5.32 Å². The second-order valence-electron chi connectivity index (χ2n) is 7.12. The Morgan fingerprint density at radius 1 is 1.17 bits per heavy atom. The van der Waals surface area contributed by atoms with Gasteiger partial charge < -0.3 is 20.7 Å². The Bertz CT molecular complexity index is 1050. The summed E-state index contributed by atoms with van der Waals surface area (Å²) in [5.41, 5.74) is 3.36. The summed E-state index contributed by atoms with van der Waals surface area (Å²) in [4.78, 5) is 28.5. The number of aryl methyl sites for hydroxylation is 1. The SMILES string of the molecule is Cc1ccc(C(=O)NC2CC2)cc1Nc1ncc(OC(=O)NCc2ccccc2)s1. The number of carbonyl (C=O) groups is 2. The fourth-order valence-electron chi connectivity index (χ4n) is 2.77. The van der Waals surface area contributed by atoms with E-state index in [1.807, 2.05) is 55.5 Å². The van der Waals surface area contributed by atoms with Crippen LogP contribution in [0.25, 0.3) is 0 Å². The summed E-state index contributed by atoms with van der Waals surface area (Å²) in [5.74, 6) is -0.0706. The number of nitrogens with one attached hydrogen (secondary N) is 3. The van der Waals surface area contributed by atoms with Gasteiger partial charge in [0.2, 0.25) is 5.06 Å². The maximum absolute atomic E-state index is 12.3. The average molecular weight is 423 g/mol. The molecular formula is C22H22N4O3S. The molecule has 7 nitrogen and oxygen atoms in total. The van der Waals surface area contributed by atoms with E-state index in [0.29, 0.717) is 28.3 Å². The van der Waals surface area contributed by atoms with Gasteiger partial charge in [-0.2, -0.15) is 0 Å². The zero-order chi connectivity index (χ0) is 20.9. The molecule has 0 unspecified atom stereocenters. The van der Waals surface area contributed by atoms with Crippen LogP contribution < -0.4 is 20.7 Å². The standard InChI is InChI=1S/C22H22N4O3S/c1-14-7-8-16(20(27)25-17-9-10-17)11-18(14)26-21-23-13-19(30-21)29-22(28)24-12-15-5-3-2-4-6-15/h2-8,11,13,17H,9-10,12H2,1H3,(H,23,26)(H,24,28)(H,25,27). The van der Waals surface area contributed by atoms with Crippen molar-refractivity contribution < 1.29 is 14.3 Å². The summed E-state index contributed by atoms with van der Waals surface area (Å²) in [6, 6.07) is 15.4. The summed E-state index contributed by atoms with van der Waals surface area (Å²) in [6.07, 6.45) is 3.05. The lowest BCUT2D eigenvalue weighted by Gasteiger charge is -2.10. The quantitative estimate of drug-likeness (QED) is 0.526. The molecule has 2 amide bonds. The molecule has 8 heteroatoms. The molecule has 0 atom stereocenters. The van der Waals surface area contributed by atoms with Crippen molar-refractivity contribution in [2.24, 2.45) is 0 Å². The molecule has 4 rings (SSSR count). The van der Waals surface area contributed by atoms with Crippen molar-refractivity contribution in [3.8, 4) is 5.06 Å². The van der Waals surface area contributed by atoms with Gasteiger partial charge in [0, 0.05) is 23.8 Å². The first-order valence-electron chi connectivity index (χ1n) is 9.71. The van der Waals surface area contributed by atoms with Crippen molar-refractivity contribution in [3.05, 3.63) is 71.4 Å². The van der Waals surface area contributed by atoms with Crippen LogP contribution in [0.15, 0.2) is 54.7 Å². The predicted octanol–water partition coefficient (Wildman–Crippen LogP) is 4.38. The number of amides is 2. The van der Waals surface area contributed by atoms with Gasteiger partial charge in [-0.1, -0.05) is 47.7 Å². The van der Waals surface area contributed by atoms with Gasteiger partial charge in [0.1, 0.15) is 0 Å². The maximum atomic E-state index is 12.3. The Balaban J connectivity index is 1.34. The van der Waals surface area contributed by atoms with Crippen LogP contribution in [0.2, 0.25) is 0 Å². The number of thiazole rings is 1. The van der Waals surface area contributed by atoms with Crippen LogP contribution in [0.1, 0.15) is 34.3 Å². The van der Waals surface area contributed by atoms with E-state index in [1.54, 1.807) is 0 Å². The zero-order valence-corrected chi connectivity index (χ0v) is 17.3. The molecule has 1 saturated carbocycles. The molecule has 30 heavy (non-hydrogen) atoms. The van der Waals surface area contributed by atoms with E-state index in [4.69, 9.17) is 4.74 Å². The van der Waals surface area contributed by atoms with Crippen LogP contribution in [0.3, 0.4) is 0 Å². The number of benzene rings is 2. The van der Waals surface area contributed by atoms with E-state index >= 15 is 0 Å². The monoisotopic (exact) mass is 422 g/mol. The van der Waals surface area contributed by atoms with E-state index < -0.39 is 6.09 Å². The lowest BCUT2D eigenvalue weighted by molar-refractivity contribution is 0.0951. The highest BCUT2D eigenvalue weighted by Crippen LogP contribution is 2.30. The second kappa shape index (κ2) is 8.96. The van der Waals surface area contributed by atoms with Crippen molar-refractivity contribution in [3.63, 3.8) is 0 Å². The molecule has 154 valence electrons. The summed E-state index contributed by atoms with van der Waals surface area (Å²) in [5, 5.41) is 9.85. The number of hydrogen-bond donors (Lipinski definition) is 3. The minimum Gasteiger partial charge on any atom is -0.397 e. The smallest absolute Gasteiger partial charge is 0.397 e. The molecule has 1 heterocycles. The molecule has 2 aromatic carbocycles. The first-order valence-corrected chi connectivity index (χ1v) is 10.5. The summed E-state index contributed by atoms with van der Waals surface area (Å²) in [6.45, 7) is 2.34. The summed E-state index contributed by atoms with van der Waals surface area (Å²) < 4.78 is 5.30. The normalized spacial score (nSPS) is 12.8. The third kappa shape index (κ3) is 5.36. The molecule has 3 aromatic rings. The molecule has 0 saturated heterocycles. The van der Waals surface area contributed by atoms with Gasteiger partial charge in [0.15, 0.2) is 5.13 Å². The van der Waals surface area contributed by atoms with Crippen LogP contribution in [0.5, 0.6) is 5.06 Å². The van der Waals surface area contributed by atoms with Crippen molar-refractivity contribution in [1.29, 1.82) is 0 Å². The Morgan fingerprint density at radius 3 is 2.73 bits per heavy atom. The molecule has 1 aromatic heterocycles. The Hall–Kier alpha value is -3.39. The number of anilines is 2. The lowest BCUT2D eigenvalue weighted by Crippen LogP contribution is -2.25. The molecule has 0 radical (unpaired) electrons. The van der Waals surface area contributed by atoms with Gasteiger partial charge >= 0.3 is 6.09 Å². The van der Waals surface area contributed by atoms with Crippen LogP contribution in [0, 0.1) is 6.92 Å². The van der Waals surface area contributed by atoms with Gasteiger partial charge in [0.05, 0.1) is 6.20 Å². The summed E-state index contributed by atoms with van der Waals surface area (Å²) >= 11 is 1.22. The summed E-state index contributed by atoms with van der Waals surface area (Å²) in [7, 11) is 0. The van der Waals surface area contributed by atoms with Crippen LogP contribution in [-0.4, -0.2) is 23.0 Å². The molecule has 0 bridgehead atoms. The number of aromatic nitrogens is 1. The number of carbonyl (C=O) groups excluding carboxylic acids is 2. The number of nitrogens with zero attached hydrogens (tertiary/aromatic N) is 1. The van der Waals surface area contributed by atoms with E-state index in [1.165, 1.54) is 17.5 Å². The largest absolute Gasteiger partial charge is 0.413 e. The van der Waals surface area contributed by atoms with E-state index in [2.05, 4.69) is 20.9 Å². The molecular weight excluding hydrogens is 400 g/mol. The fourth-order valence-corrected chi connectivity index (χ4v) is 3.45. The lowest BCUT2D eigenvalue weighted by atomic mass is 10.1.